The largest absolute Gasteiger partial charge is 0.443 e. The topological polar surface area (TPSA) is 89.0 Å². The van der Waals surface area contributed by atoms with Gasteiger partial charge in [0.2, 0.25) is 0 Å². The first-order chi connectivity index (χ1) is 16.3. The van der Waals surface area contributed by atoms with Gasteiger partial charge in [0.05, 0.1) is 16.8 Å². The minimum absolute atomic E-state index is 0.0335. The van der Waals surface area contributed by atoms with Gasteiger partial charge in [-0.3, -0.25) is 14.3 Å². The van der Waals surface area contributed by atoms with Crippen molar-refractivity contribution >= 4 is 35.1 Å². The molecule has 0 aliphatic carbocycles. The Hall–Kier alpha value is -4.13. The average Bonchev–Trinajstić information content (AvgIpc) is 3.42. The van der Waals surface area contributed by atoms with Gasteiger partial charge in [-0.15, -0.1) is 0 Å². The molecule has 5 rings (SSSR count). The van der Waals surface area contributed by atoms with Crippen LogP contribution >= 0.6 is 0 Å². The number of H-pyrrole nitrogens is 1. The average molecular weight is 455 g/mol. The van der Waals surface area contributed by atoms with Crippen molar-refractivity contribution in [3.8, 4) is 11.3 Å². The molecule has 0 bridgehead atoms. The van der Waals surface area contributed by atoms with E-state index in [1.165, 1.54) is 4.57 Å². The lowest BCUT2D eigenvalue weighted by Crippen LogP contribution is -2.31. The number of fused-ring (bicyclic) bond motifs is 2. The zero-order valence-electron chi connectivity index (χ0n) is 19.4. The van der Waals surface area contributed by atoms with Crippen LogP contribution in [0.4, 0.5) is 4.79 Å². The second-order valence-corrected chi connectivity index (χ2v) is 9.37. The minimum Gasteiger partial charge on any atom is -0.443 e. The maximum absolute atomic E-state index is 12.5. The molecule has 4 heterocycles. The molecule has 0 unspecified atom stereocenters. The molecule has 1 aliphatic heterocycles. The molecular formula is C27H26N4O3. The fourth-order valence-electron chi connectivity index (χ4n) is 4.07. The molecule has 172 valence electrons. The highest BCUT2D eigenvalue weighted by Gasteiger charge is 2.20. The van der Waals surface area contributed by atoms with Gasteiger partial charge in [-0.25, -0.2) is 4.79 Å². The van der Waals surface area contributed by atoms with Crippen LogP contribution in [0.25, 0.3) is 34.3 Å². The Bertz CT molecular complexity index is 1440. The summed E-state index contributed by atoms with van der Waals surface area (Å²) in [6.07, 6.45) is 7.84. The van der Waals surface area contributed by atoms with E-state index in [0.717, 1.165) is 45.5 Å². The number of nitrogens with one attached hydrogen (secondary N) is 2. The maximum Gasteiger partial charge on any atom is 0.418 e. The first-order valence-electron chi connectivity index (χ1n) is 11.3. The Morgan fingerprint density at radius 1 is 1.12 bits per heavy atom. The number of nitrogens with zero attached hydrogens (tertiary/aromatic N) is 2. The van der Waals surface area contributed by atoms with Gasteiger partial charge in [0.15, 0.2) is 0 Å². The number of ether oxygens (including phenoxy) is 1. The number of rotatable bonds is 3. The maximum atomic E-state index is 12.5. The molecule has 4 aromatic rings. The number of benzene rings is 1. The van der Waals surface area contributed by atoms with E-state index < -0.39 is 11.7 Å². The number of aromatic amines is 1. The van der Waals surface area contributed by atoms with Gasteiger partial charge in [-0.2, -0.15) is 0 Å². The number of carbonyl (C=O) groups excluding carboxylic acids is 2. The highest BCUT2D eigenvalue weighted by atomic mass is 16.6. The van der Waals surface area contributed by atoms with E-state index in [0.29, 0.717) is 12.1 Å². The van der Waals surface area contributed by atoms with Crippen molar-refractivity contribution in [2.75, 3.05) is 6.54 Å². The lowest BCUT2D eigenvalue weighted by Gasteiger charge is -2.19. The highest BCUT2D eigenvalue weighted by molar-refractivity contribution is 5.98. The molecule has 0 spiro atoms. The van der Waals surface area contributed by atoms with Crippen molar-refractivity contribution in [3.05, 3.63) is 77.4 Å². The predicted molar refractivity (Wildman–Crippen MR) is 133 cm³/mol. The van der Waals surface area contributed by atoms with Crippen LogP contribution in [0.1, 0.15) is 48.1 Å². The summed E-state index contributed by atoms with van der Waals surface area (Å²) in [6, 6.07) is 13.6. The number of hydrogen-bond acceptors (Lipinski definition) is 4. The van der Waals surface area contributed by atoms with Crippen molar-refractivity contribution in [2.45, 2.75) is 32.8 Å². The monoisotopic (exact) mass is 454 g/mol. The summed E-state index contributed by atoms with van der Waals surface area (Å²) in [5.41, 5.74) is 5.61. The summed E-state index contributed by atoms with van der Waals surface area (Å²) < 4.78 is 7.01. The lowest BCUT2D eigenvalue weighted by atomic mass is 10.1. The highest BCUT2D eigenvalue weighted by Crippen LogP contribution is 2.25. The second-order valence-electron chi connectivity index (χ2n) is 9.37. The van der Waals surface area contributed by atoms with Gasteiger partial charge in [-0.1, -0.05) is 12.1 Å². The Morgan fingerprint density at radius 3 is 2.76 bits per heavy atom. The number of hydrogen-bond donors (Lipinski definition) is 2. The van der Waals surface area contributed by atoms with Crippen LogP contribution in [0.3, 0.4) is 0 Å². The molecule has 7 heteroatoms. The molecule has 1 amide bonds. The van der Waals surface area contributed by atoms with Crippen molar-refractivity contribution in [1.82, 2.24) is 19.9 Å². The molecule has 0 radical (unpaired) electrons. The van der Waals surface area contributed by atoms with Crippen molar-refractivity contribution in [2.24, 2.45) is 0 Å². The molecular weight excluding hydrogens is 428 g/mol. The van der Waals surface area contributed by atoms with Crippen LogP contribution < -0.4 is 5.32 Å². The number of carbonyl (C=O) groups is 2. The van der Waals surface area contributed by atoms with Crippen LogP contribution in [0.15, 0.2) is 54.9 Å². The molecule has 0 saturated heterocycles. The minimum atomic E-state index is -0.552. The standard InChI is InChI=1S/C27H26N4O3/c1-27(2,3)34-26(33)31-13-10-19-14-17(5-7-24(19)31)4-6-20-15-18(8-11-28-20)23-16-21-22(30-23)9-12-29-25(21)32/h4-8,10-11,13-16,30H,9,12H2,1-3H3,(H,29,32). The van der Waals surface area contributed by atoms with Gasteiger partial charge in [0.25, 0.3) is 5.91 Å². The Balaban J connectivity index is 1.37. The quantitative estimate of drug-likeness (QED) is 0.441. The molecule has 0 fully saturated rings. The zero-order valence-corrected chi connectivity index (χ0v) is 19.4. The first kappa shape index (κ1) is 21.7. The molecule has 1 aliphatic rings. The first-order valence-corrected chi connectivity index (χ1v) is 11.3. The molecule has 34 heavy (non-hydrogen) atoms. The molecule has 0 atom stereocenters. The van der Waals surface area contributed by atoms with E-state index in [9.17, 15) is 9.59 Å². The summed E-state index contributed by atoms with van der Waals surface area (Å²) in [7, 11) is 0. The Labute approximate surface area is 197 Å². The molecule has 3 aromatic heterocycles. The molecule has 0 saturated carbocycles. The predicted octanol–water partition coefficient (Wildman–Crippen LogP) is 5.27. The third kappa shape index (κ3) is 4.37. The third-order valence-electron chi connectivity index (χ3n) is 5.65. The number of pyridine rings is 1. The van der Waals surface area contributed by atoms with Crippen molar-refractivity contribution in [1.29, 1.82) is 0 Å². The zero-order chi connectivity index (χ0) is 23.9. The van der Waals surface area contributed by atoms with E-state index in [2.05, 4.69) is 15.3 Å². The number of aromatic nitrogens is 3. The summed E-state index contributed by atoms with van der Waals surface area (Å²) in [5.74, 6) is -0.0335. The van der Waals surface area contributed by atoms with Gasteiger partial charge >= 0.3 is 6.09 Å². The second kappa shape index (κ2) is 8.33. The SMILES string of the molecule is CC(C)(C)OC(=O)n1ccc2cc(C=Cc3cc(-c4cc5c([nH]4)CCNC5=O)ccn3)ccc21. The number of amides is 1. The molecule has 2 N–H and O–H groups in total. The van der Waals surface area contributed by atoms with Gasteiger partial charge in [0, 0.05) is 47.7 Å². The van der Waals surface area contributed by atoms with Gasteiger partial charge in [-0.05, 0) is 68.8 Å². The van der Waals surface area contributed by atoms with Gasteiger partial charge in [0.1, 0.15) is 5.60 Å². The summed E-state index contributed by atoms with van der Waals surface area (Å²) in [6.45, 7) is 6.21. The summed E-state index contributed by atoms with van der Waals surface area (Å²) in [4.78, 5) is 32.4. The smallest absolute Gasteiger partial charge is 0.418 e. The summed E-state index contributed by atoms with van der Waals surface area (Å²) in [5, 5.41) is 3.82. The van der Waals surface area contributed by atoms with Crippen LogP contribution in [0.2, 0.25) is 0 Å². The van der Waals surface area contributed by atoms with E-state index in [-0.39, 0.29) is 5.91 Å². The third-order valence-corrected chi connectivity index (χ3v) is 5.65. The lowest BCUT2D eigenvalue weighted by molar-refractivity contribution is 0.0544. The van der Waals surface area contributed by atoms with E-state index >= 15 is 0 Å². The summed E-state index contributed by atoms with van der Waals surface area (Å²) >= 11 is 0. The van der Waals surface area contributed by atoms with E-state index in [1.807, 2.05) is 75.4 Å². The normalized spacial score (nSPS) is 13.8. The Morgan fingerprint density at radius 2 is 1.97 bits per heavy atom. The molecule has 7 nitrogen and oxygen atoms in total. The van der Waals surface area contributed by atoms with E-state index in [4.69, 9.17) is 4.74 Å². The van der Waals surface area contributed by atoms with Crippen molar-refractivity contribution < 1.29 is 14.3 Å². The fraction of sp³-hybridized carbons (Fsp3) is 0.222. The van der Waals surface area contributed by atoms with Crippen LogP contribution in [0, 0.1) is 0 Å². The fourth-order valence-corrected chi connectivity index (χ4v) is 4.07. The van der Waals surface area contributed by atoms with Crippen LogP contribution in [-0.2, 0) is 11.2 Å². The Kier molecular flexibility index (Phi) is 5.32. The van der Waals surface area contributed by atoms with Gasteiger partial charge < -0.3 is 15.0 Å². The van der Waals surface area contributed by atoms with Crippen LogP contribution in [-0.4, -0.2) is 38.7 Å². The van der Waals surface area contributed by atoms with Crippen LogP contribution in [0.5, 0.6) is 0 Å². The van der Waals surface area contributed by atoms with E-state index in [1.54, 1.807) is 12.4 Å². The van der Waals surface area contributed by atoms with Crippen molar-refractivity contribution in [3.63, 3.8) is 0 Å². The molecule has 1 aromatic carbocycles.